The molecule has 0 aliphatic rings. The normalized spacial score (nSPS) is 13.2. The molecule has 2 heteroatoms. The number of nitriles is 1. The van der Waals surface area contributed by atoms with Crippen molar-refractivity contribution >= 4 is 0 Å². The van der Waals surface area contributed by atoms with Crippen LogP contribution in [0.4, 0.5) is 0 Å². The molecule has 0 radical (unpaired) electrons. The minimum absolute atomic E-state index is 0.0694. The molecule has 0 aliphatic carbocycles. The van der Waals surface area contributed by atoms with Gasteiger partial charge in [-0.1, -0.05) is 13.8 Å². The first-order valence-corrected chi connectivity index (χ1v) is 3.39. The Bertz CT molecular complexity index is 100.0. The average Bonchev–Trinajstić information content (AvgIpc) is 1.90. The van der Waals surface area contributed by atoms with Crippen LogP contribution in [-0.2, 0) is 0 Å². The maximum atomic E-state index is 8.48. The second kappa shape index (κ2) is 4.34. The van der Waals surface area contributed by atoms with Crippen LogP contribution in [0.2, 0.25) is 0 Å². The summed E-state index contributed by atoms with van der Waals surface area (Å²) in [6, 6.07) is 2.26. The van der Waals surface area contributed by atoms with E-state index in [0.717, 1.165) is 13.1 Å². The number of hydrogen-bond donors (Lipinski definition) is 0. The highest BCUT2D eigenvalue weighted by Crippen LogP contribution is 1.94. The molecule has 2 nitrogen and oxygen atoms in total. The molecule has 0 aromatic rings. The fourth-order valence-electron chi connectivity index (χ4n) is 0.853. The van der Waals surface area contributed by atoms with Gasteiger partial charge in [-0.05, 0) is 20.0 Å². The lowest BCUT2D eigenvalue weighted by atomic mass is 10.3. The molecule has 9 heavy (non-hydrogen) atoms. The molecule has 0 saturated heterocycles. The molecular weight excluding hydrogens is 112 g/mol. The van der Waals surface area contributed by atoms with Gasteiger partial charge in [0, 0.05) is 0 Å². The Morgan fingerprint density at radius 3 is 2.00 bits per heavy atom. The van der Waals surface area contributed by atoms with Crippen LogP contribution in [0, 0.1) is 11.3 Å². The molecule has 52 valence electrons. The summed E-state index contributed by atoms with van der Waals surface area (Å²) in [5, 5.41) is 8.48. The maximum absolute atomic E-state index is 8.48. The lowest BCUT2D eigenvalue weighted by molar-refractivity contribution is 0.273. The second-order valence-corrected chi connectivity index (χ2v) is 2.03. The van der Waals surface area contributed by atoms with Crippen molar-refractivity contribution in [1.82, 2.24) is 4.90 Å². The van der Waals surface area contributed by atoms with E-state index in [9.17, 15) is 0 Å². The molecule has 0 spiro atoms. The molecule has 0 bridgehead atoms. The first-order valence-electron chi connectivity index (χ1n) is 3.39. The standard InChI is InChI=1S/C7H14N2/c1-4-9(5-2)7(3)6-8/h7H,4-5H2,1-3H3. The first-order chi connectivity index (χ1) is 4.26. The van der Waals surface area contributed by atoms with Gasteiger partial charge >= 0.3 is 0 Å². The van der Waals surface area contributed by atoms with E-state index in [1.165, 1.54) is 0 Å². The van der Waals surface area contributed by atoms with Gasteiger partial charge < -0.3 is 0 Å². The summed E-state index contributed by atoms with van der Waals surface area (Å²) in [4.78, 5) is 2.11. The van der Waals surface area contributed by atoms with Gasteiger partial charge in [-0.3, -0.25) is 4.90 Å². The van der Waals surface area contributed by atoms with Gasteiger partial charge in [0.2, 0.25) is 0 Å². The fraction of sp³-hybridized carbons (Fsp3) is 0.857. The van der Waals surface area contributed by atoms with Crippen molar-refractivity contribution in [3.8, 4) is 6.07 Å². The molecular formula is C7H14N2. The molecule has 0 aliphatic heterocycles. The summed E-state index contributed by atoms with van der Waals surface area (Å²) in [5.41, 5.74) is 0. The van der Waals surface area contributed by atoms with Crippen LogP contribution in [0.5, 0.6) is 0 Å². The zero-order chi connectivity index (χ0) is 7.28. The third kappa shape index (κ3) is 2.48. The van der Waals surface area contributed by atoms with Crippen molar-refractivity contribution in [2.75, 3.05) is 13.1 Å². The molecule has 1 atom stereocenters. The summed E-state index contributed by atoms with van der Waals surface area (Å²) in [6.45, 7) is 7.98. The molecule has 0 N–H and O–H groups in total. The molecule has 0 aromatic heterocycles. The quantitative estimate of drug-likeness (QED) is 0.569. The molecule has 0 fully saturated rings. The average molecular weight is 126 g/mol. The number of hydrogen-bond acceptors (Lipinski definition) is 2. The van der Waals surface area contributed by atoms with E-state index in [-0.39, 0.29) is 6.04 Å². The Kier molecular flexibility index (Phi) is 4.08. The Morgan fingerprint density at radius 2 is 1.89 bits per heavy atom. The van der Waals surface area contributed by atoms with Crippen molar-refractivity contribution in [2.45, 2.75) is 26.8 Å². The summed E-state index contributed by atoms with van der Waals surface area (Å²) < 4.78 is 0. The van der Waals surface area contributed by atoms with E-state index in [2.05, 4.69) is 24.8 Å². The fourth-order valence-corrected chi connectivity index (χ4v) is 0.853. The van der Waals surface area contributed by atoms with Crippen molar-refractivity contribution < 1.29 is 0 Å². The Balaban J connectivity index is 3.67. The van der Waals surface area contributed by atoms with Crippen molar-refractivity contribution in [3.05, 3.63) is 0 Å². The van der Waals surface area contributed by atoms with Gasteiger partial charge in [-0.25, -0.2) is 0 Å². The minimum atomic E-state index is 0.0694. The van der Waals surface area contributed by atoms with Gasteiger partial charge in [-0.2, -0.15) is 5.26 Å². The zero-order valence-corrected chi connectivity index (χ0v) is 6.39. The van der Waals surface area contributed by atoms with Gasteiger partial charge in [0.1, 0.15) is 0 Å². The van der Waals surface area contributed by atoms with E-state index >= 15 is 0 Å². The van der Waals surface area contributed by atoms with E-state index in [4.69, 9.17) is 5.26 Å². The van der Waals surface area contributed by atoms with Crippen LogP contribution in [0.25, 0.3) is 0 Å². The van der Waals surface area contributed by atoms with Crippen LogP contribution in [-0.4, -0.2) is 24.0 Å². The van der Waals surface area contributed by atoms with Crippen LogP contribution in [0.3, 0.4) is 0 Å². The highest BCUT2D eigenvalue weighted by atomic mass is 15.1. The van der Waals surface area contributed by atoms with E-state index < -0.39 is 0 Å². The lowest BCUT2D eigenvalue weighted by Gasteiger charge is -2.19. The molecule has 0 rings (SSSR count). The molecule has 0 amide bonds. The van der Waals surface area contributed by atoms with Crippen molar-refractivity contribution in [2.24, 2.45) is 0 Å². The van der Waals surface area contributed by atoms with Gasteiger partial charge in [0.05, 0.1) is 12.1 Å². The SMILES string of the molecule is CCN(CC)C(C)C#N. The lowest BCUT2D eigenvalue weighted by Crippen LogP contribution is -2.31. The van der Waals surface area contributed by atoms with Crippen molar-refractivity contribution in [3.63, 3.8) is 0 Å². The van der Waals surface area contributed by atoms with Gasteiger partial charge in [0.15, 0.2) is 0 Å². The monoisotopic (exact) mass is 126 g/mol. The highest BCUT2D eigenvalue weighted by Gasteiger charge is 2.06. The smallest absolute Gasteiger partial charge is 0.0949 e. The third-order valence-electron chi connectivity index (χ3n) is 1.55. The highest BCUT2D eigenvalue weighted by molar-refractivity contribution is 4.86. The predicted molar refractivity (Wildman–Crippen MR) is 38.0 cm³/mol. The Labute approximate surface area is 57.1 Å². The predicted octanol–water partition coefficient (Wildman–Crippen LogP) is 1.24. The zero-order valence-electron chi connectivity index (χ0n) is 6.39. The minimum Gasteiger partial charge on any atom is -0.289 e. The van der Waals surface area contributed by atoms with Crippen LogP contribution in [0.1, 0.15) is 20.8 Å². The summed E-state index contributed by atoms with van der Waals surface area (Å²) in [6.07, 6.45) is 0. The molecule has 0 saturated carbocycles. The first kappa shape index (κ1) is 8.45. The number of rotatable bonds is 3. The summed E-state index contributed by atoms with van der Waals surface area (Å²) >= 11 is 0. The van der Waals surface area contributed by atoms with Crippen molar-refractivity contribution in [1.29, 1.82) is 5.26 Å². The van der Waals surface area contributed by atoms with Crippen LogP contribution >= 0.6 is 0 Å². The van der Waals surface area contributed by atoms with E-state index in [0.29, 0.717) is 0 Å². The van der Waals surface area contributed by atoms with Crippen LogP contribution in [0.15, 0.2) is 0 Å². The Hall–Kier alpha value is -0.550. The second-order valence-electron chi connectivity index (χ2n) is 2.03. The summed E-state index contributed by atoms with van der Waals surface area (Å²) in [7, 11) is 0. The van der Waals surface area contributed by atoms with Crippen LogP contribution < -0.4 is 0 Å². The summed E-state index contributed by atoms with van der Waals surface area (Å²) in [5.74, 6) is 0. The molecule has 0 heterocycles. The van der Waals surface area contributed by atoms with Gasteiger partial charge in [-0.15, -0.1) is 0 Å². The van der Waals surface area contributed by atoms with E-state index in [1.807, 2.05) is 6.92 Å². The Morgan fingerprint density at radius 1 is 1.44 bits per heavy atom. The third-order valence-corrected chi connectivity index (χ3v) is 1.55. The van der Waals surface area contributed by atoms with Gasteiger partial charge in [0.25, 0.3) is 0 Å². The molecule has 1 unspecified atom stereocenters. The maximum Gasteiger partial charge on any atom is 0.0949 e. The van der Waals surface area contributed by atoms with E-state index in [1.54, 1.807) is 0 Å². The number of nitrogens with zero attached hydrogens (tertiary/aromatic N) is 2. The largest absolute Gasteiger partial charge is 0.289 e. The topological polar surface area (TPSA) is 27.0 Å². The molecule has 0 aromatic carbocycles.